The van der Waals surface area contributed by atoms with Crippen molar-refractivity contribution in [2.24, 2.45) is 16.7 Å². The molecule has 1 aliphatic heterocycles. The van der Waals surface area contributed by atoms with Gasteiger partial charge in [-0.25, -0.2) is 19.6 Å². The first-order chi connectivity index (χ1) is 25.7. The van der Waals surface area contributed by atoms with Crippen molar-refractivity contribution in [1.29, 1.82) is 0 Å². The molecule has 2 aliphatic rings. The van der Waals surface area contributed by atoms with E-state index in [9.17, 15) is 29.1 Å². The third kappa shape index (κ3) is 9.01. The number of urea groups is 1. The molecule has 5 rings (SSSR count). The number of carboxylic acid groups (broad SMARTS) is 1. The van der Waals surface area contributed by atoms with Crippen molar-refractivity contribution in [3.8, 4) is 22.9 Å². The Morgan fingerprint density at radius 2 is 1.76 bits per heavy atom. The monoisotopic (exact) mass is 777 g/mol. The van der Waals surface area contributed by atoms with Crippen LogP contribution in [0.15, 0.2) is 42.3 Å². The zero-order valence-corrected chi connectivity index (χ0v) is 33.6. The van der Waals surface area contributed by atoms with Gasteiger partial charge in [-0.15, -0.1) is 17.9 Å². The minimum absolute atomic E-state index is 0.0226. The molecule has 296 valence electrons. The second-order valence-corrected chi connectivity index (χ2v) is 17.3. The summed E-state index contributed by atoms with van der Waals surface area (Å²) >= 11 is 1.24. The Labute approximate surface area is 324 Å². The number of ether oxygens (including phenoxy) is 2. The number of methoxy groups -OCH3 is 1. The highest BCUT2D eigenvalue weighted by Gasteiger charge is 2.61. The number of aliphatic carboxylic acids is 1. The van der Waals surface area contributed by atoms with Gasteiger partial charge in [-0.2, -0.15) is 0 Å². The summed E-state index contributed by atoms with van der Waals surface area (Å²) in [5.41, 5.74) is -1.10. The molecule has 2 aromatic heterocycles. The van der Waals surface area contributed by atoms with Gasteiger partial charge in [-0.05, 0) is 36.3 Å². The largest absolute Gasteiger partial charge is 0.497 e. The number of hydrogen-bond acceptors (Lipinski definition) is 10. The van der Waals surface area contributed by atoms with E-state index in [1.807, 2.05) is 48.5 Å². The molecular weight excluding hydrogens is 727 g/mol. The van der Waals surface area contributed by atoms with Crippen molar-refractivity contribution in [3.05, 3.63) is 42.3 Å². The molecular formula is C39H51N7O8S. The maximum absolute atomic E-state index is 14.6. The van der Waals surface area contributed by atoms with E-state index in [-0.39, 0.29) is 36.8 Å². The molecule has 15 nitrogen and oxygen atoms in total. The lowest BCUT2D eigenvalue weighted by molar-refractivity contribution is -0.146. The number of carbonyl (C=O) groups excluding carboxylic acids is 4. The highest BCUT2D eigenvalue weighted by molar-refractivity contribution is 7.14. The number of fused-ring (bicyclic) bond motifs is 1. The molecule has 6 atom stereocenters. The van der Waals surface area contributed by atoms with Crippen LogP contribution < -0.4 is 30.7 Å². The van der Waals surface area contributed by atoms with Gasteiger partial charge < -0.3 is 40.7 Å². The van der Waals surface area contributed by atoms with Gasteiger partial charge in [-0.1, -0.05) is 47.6 Å². The first kappa shape index (κ1) is 40.9. The van der Waals surface area contributed by atoms with E-state index in [2.05, 4.69) is 32.8 Å². The highest BCUT2D eigenvalue weighted by Crippen LogP contribution is 2.45. The van der Waals surface area contributed by atoms with Crippen LogP contribution in [0.4, 0.5) is 9.93 Å². The Morgan fingerprint density at radius 1 is 1.05 bits per heavy atom. The summed E-state index contributed by atoms with van der Waals surface area (Å²) < 4.78 is 12.1. The molecule has 3 unspecified atom stereocenters. The van der Waals surface area contributed by atoms with Gasteiger partial charge in [0.25, 0.3) is 0 Å². The summed E-state index contributed by atoms with van der Waals surface area (Å²) in [5.74, 6) is -2.14. The number of benzene rings is 1. The van der Waals surface area contributed by atoms with Crippen LogP contribution in [0.3, 0.4) is 0 Å². The lowest BCUT2D eigenvalue weighted by Gasteiger charge is -2.36. The number of likely N-dealkylation sites (tertiary alicyclic amines) is 1. The van der Waals surface area contributed by atoms with E-state index in [4.69, 9.17) is 14.5 Å². The second kappa shape index (κ2) is 15.5. The summed E-state index contributed by atoms with van der Waals surface area (Å²) in [6.07, 6.45) is 0.953. The van der Waals surface area contributed by atoms with Crippen LogP contribution in [0.25, 0.3) is 22.3 Å². The van der Waals surface area contributed by atoms with Crippen LogP contribution in [0, 0.1) is 16.7 Å². The van der Waals surface area contributed by atoms with Crippen molar-refractivity contribution in [2.45, 2.75) is 98.0 Å². The maximum Gasteiger partial charge on any atom is 0.330 e. The van der Waals surface area contributed by atoms with E-state index in [1.165, 1.54) is 29.2 Å². The Balaban J connectivity index is 1.50. The number of nitrogens with one attached hydrogen (secondary N) is 4. The first-order valence-corrected chi connectivity index (χ1v) is 19.0. The molecule has 16 heteroatoms. The maximum atomic E-state index is 14.6. The third-order valence-electron chi connectivity index (χ3n) is 10.2. The lowest BCUT2D eigenvalue weighted by Crippen LogP contribution is -2.61. The number of aromatic nitrogens is 2. The molecule has 1 aromatic carbocycles. The Morgan fingerprint density at radius 3 is 2.35 bits per heavy atom. The van der Waals surface area contributed by atoms with Crippen LogP contribution >= 0.6 is 11.3 Å². The van der Waals surface area contributed by atoms with Gasteiger partial charge in [0.15, 0.2) is 5.13 Å². The number of carboxylic acids is 1. The van der Waals surface area contributed by atoms with E-state index in [0.717, 1.165) is 0 Å². The number of hydrogen-bond donors (Lipinski definition) is 5. The quantitative estimate of drug-likeness (QED) is 0.157. The van der Waals surface area contributed by atoms with E-state index in [0.29, 0.717) is 38.9 Å². The molecule has 2 fully saturated rings. The molecule has 0 spiro atoms. The Kier molecular flexibility index (Phi) is 11.5. The predicted octanol–water partition coefficient (Wildman–Crippen LogP) is 4.97. The van der Waals surface area contributed by atoms with Gasteiger partial charge >= 0.3 is 12.0 Å². The molecule has 1 saturated carbocycles. The Bertz CT molecular complexity index is 2000. The summed E-state index contributed by atoms with van der Waals surface area (Å²) in [6, 6.07) is 4.06. The van der Waals surface area contributed by atoms with E-state index in [1.54, 1.807) is 36.8 Å². The van der Waals surface area contributed by atoms with Crippen LogP contribution in [-0.2, 0) is 19.2 Å². The van der Waals surface area contributed by atoms with Crippen molar-refractivity contribution in [1.82, 2.24) is 30.8 Å². The minimum atomic E-state index is -1.53. The summed E-state index contributed by atoms with van der Waals surface area (Å²) in [7, 11) is 1.54. The number of amides is 5. The topological polar surface area (TPSA) is 201 Å². The van der Waals surface area contributed by atoms with Gasteiger partial charge in [0.05, 0.1) is 24.9 Å². The zero-order chi connectivity index (χ0) is 40.6. The van der Waals surface area contributed by atoms with Gasteiger partial charge in [-0.3, -0.25) is 14.4 Å². The fourth-order valence-corrected chi connectivity index (χ4v) is 7.16. The highest BCUT2D eigenvalue weighted by atomic mass is 32.1. The molecule has 55 heavy (non-hydrogen) atoms. The number of thiazole rings is 1. The van der Waals surface area contributed by atoms with Crippen LogP contribution in [-0.4, -0.2) is 93.1 Å². The number of anilines is 1. The smallest absolute Gasteiger partial charge is 0.330 e. The minimum Gasteiger partial charge on any atom is -0.497 e. The fraction of sp³-hybridized carbons (Fsp3) is 0.513. The predicted molar refractivity (Wildman–Crippen MR) is 209 cm³/mol. The zero-order valence-electron chi connectivity index (χ0n) is 32.7. The van der Waals surface area contributed by atoms with Crippen molar-refractivity contribution < 1.29 is 38.6 Å². The molecule has 3 aromatic rings. The molecule has 1 aliphatic carbocycles. The van der Waals surface area contributed by atoms with Crippen LogP contribution in [0.1, 0.15) is 68.2 Å². The van der Waals surface area contributed by atoms with E-state index >= 15 is 0 Å². The third-order valence-corrected chi connectivity index (χ3v) is 11.0. The standard InChI is InChI=1S/C39H51N7O8S/c1-11-22-17-39(22,34(50)51)45-32(48)29-15-24(18-46(29)33(49)31(38(7,8)9)44-35(52)40-20(2)37(4,5)6)54-30-16-27(28-19-55-36(43-28)41-21(3)47)42-26-14-23(53-10)12-13-25(26)30/h11-14,16,19-20,22,24,29,31H,1,15,17-18H2,2-10H3,(H,45,48)(H,50,51)(H2,40,44,52)(H,41,43,47)/t20-,22?,24?,29?,31-,39-/m1/s1. The van der Waals surface area contributed by atoms with Gasteiger partial charge in [0, 0.05) is 48.2 Å². The number of rotatable bonds is 12. The first-order valence-electron chi connectivity index (χ1n) is 18.1. The van der Waals surface area contributed by atoms with Crippen molar-refractivity contribution >= 4 is 57.1 Å². The molecule has 5 amide bonds. The fourth-order valence-electron chi connectivity index (χ4n) is 6.40. The molecule has 0 bridgehead atoms. The van der Waals surface area contributed by atoms with Crippen LogP contribution in [0.5, 0.6) is 11.5 Å². The van der Waals surface area contributed by atoms with E-state index < -0.39 is 58.9 Å². The second-order valence-electron chi connectivity index (χ2n) is 16.4. The summed E-state index contributed by atoms with van der Waals surface area (Å²) in [5, 5.41) is 24.0. The average molecular weight is 778 g/mol. The number of pyridine rings is 1. The SMILES string of the molecule is C=CC1C[C@]1(NC(=O)C1CC(Oc2cc(-c3csc(NC(C)=O)n3)nc3cc(OC)ccc23)CN1C(=O)[C@@H](NC(=O)N[C@H](C)C(C)(C)C)C(C)(C)C)C(=O)O. The molecule has 5 N–H and O–H groups in total. The van der Waals surface area contributed by atoms with Crippen molar-refractivity contribution in [2.75, 3.05) is 19.0 Å². The van der Waals surface area contributed by atoms with Crippen LogP contribution in [0.2, 0.25) is 0 Å². The average Bonchev–Trinajstić information content (AvgIpc) is 3.37. The number of nitrogens with zero attached hydrogens (tertiary/aromatic N) is 3. The molecule has 3 heterocycles. The Hall–Kier alpha value is -5.25. The molecule has 0 radical (unpaired) electrons. The van der Waals surface area contributed by atoms with Gasteiger partial charge in [0.1, 0.15) is 40.9 Å². The summed E-state index contributed by atoms with van der Waals surface area (Å²) in [4.78, 5) is 76.7. The lowest BCUT2D eigenvalue weighted by atomic mass is 9.85. The normalized spacial score (nSPS) is 21.9. The number of carbonyl (C=O) groups is 5. The van der Waals surface area contributed by atoms with Crippen molar-refractivity contribution in [3.63, 3.8) is 0 Å². The van der Waals surface area contributed by atoms with Gasteiger partial charge in [0.2, 0.25) is 17.7 Å². The summed E-state index contributed by atoms with van der Waals surface area (Å²) in [6.45, 7) is 18.4. The molecule has 1 saturated heterocycles.